The van der Waals surface area contributed by atoms with Gasteiger partial charge in [-0.3, -0.25) is 0 Å². The molecule has 0 spiro atoms. The van der Waals surface area contributed by atoms with E-state index in [-0.39, 0.29) is 0 Å². The highest BCUT2D eigenvalue weighted by Crippen LogP contribution is 2.25. The van der Waals surface area contributed by atoms with Crippen LogP contribution in [0.3, 0.4) is 0 Å². The Morgan fingerprint density at radius 2 is 1.76 bits per heavy atom. The minimum Gasteiger partial charge on any atom is -0.316 e. The molecule has 0 saturated heterocycles. The van der Waals surface area contributed by atoms with E-state index in [0.717, 1.165) is 13.1 Å². The number of benzene rings is 1. The average Bonchev–Trinajstić information content (AvgIpc) is 2.28. The summed E-state index contributed by atoms with van der Waals surface area (Å²) in [5, 5.41) is 3.58. The van der Waals surface area contributed by atoms with E-state index >= 15 is 0 Å². The molecule has 0 fully saturated rings. The molecule has 1 unspecified atom stereocenters. The fourth-order valence-corrected chi connectivity index (χ4v) is 4.08. The van der Waals surface area contributed by atoms with Crippen LogP contribution in [-0.4, -0.2) is 21.2 Å². The number of hydrogen-bond donors (Lipinski definition) is 1. The van der Waals surface area contributed by atoms with Crippen LogP contribution >= 0.6 is 0 Å². The van der Waals surface area contributed by atoms with E-state index < -0.39 is 8.07 Å². The van der Waals surface area contributed by atoms with Crippen LogP contribution in [0.25, 0.3) is 0 Å². The number of rotatable bonds is 7. The molecule has 0 aliphatic rings. The molecule has 0 aliphatic carbocycles. The zero-order chi connectivity index (χ0) is 12.7. The van der Waals surface area contributed by atoms with Crippen LogP contribution in [0.4, 0.5) is 0 Å². The minimum atomic E-state index is -1.00. The number of nitrogens with one attached hydrogen (secondary N) is 1. The predicted octanol–water partition coefficient (Wildman–Crippen LogP) is 4.11. The lowest BCUT2D eigenvalue weighted by atomic mass is 10.0. The topological polar surface area (TPSA) is 12.0 Å². The third-order valence-corrected chi connectivity index (χ3v) is 4.66. The maximum atomic E-state index is 3.58. The summed E-state index contributed by atoms with van der Waals surface area (Å²) in [6.45, 7) is 11.9. The van der Waals surface area contributed by atoms with E-state index in [9.17, 15) is 0 Å². The van der Waals surface area contributed by atoms with Gasteiger partial charge < -0.3 is 5.32 Å². The summed E-state index contributed by atoms with van der Waals surface area (Å²) in [5.74, 6) is 0.689. The van der Waals surface area contributed by atoms with Crippen molar-refractivity contribution in [2.45, 2.75) is 44.9 Å². The lowest BCUT2D eigenvalue weighted by molar-refractivity contribution is 0.605. The van der Waals surface area contributed by atoms with Crippen molar-refractivity contribution in [3.05, 3.63) is 35.9 Å². The number of hydrogen-bond acceptors (Lipinski definition) is 1. The van der Waals surface area contributed by atoms with Crippen molar-refractivity contribution in [3.8, 4) is 0 Å². The maximum absolute atomic E-state index is 3.58. The van der Waals surface area contributed by atoms with Crippen LogP contribution < -0.4 is 5.32 Å². The Bertz CT molecular complexity index is 302. The predicted molar refractivity (Wildman–Crippen MR) is 80.5 cm³/mol. The van der Waals surface area contributed by atoms with Crippen LogP contribution in [0.2, 0.25) is 25.7 Å². The second-order valence-corrected chi connectivity index (χ2v) is 11.6. The maximum Gasteiger partial charge on any atom is 0.0449 e. The van der Waals surface area contributed by atoms with Gasteiger partial charge in [0, 0.05) is 14.6 Å². The van der Waals surface area contributed by atoms with Crippen molar-refractivity contribution < 1.29 is 0 Å². The lowest BCUT2D eigenvalue weighted by Crippen LogP contribution is -2.29. The molecule has 0 heterocycles. The summed E-state index contributed by atoms with van der Waals surface area (Å²) in [6, 6.07) is 12.3. The molecule has 2 heteroatoms. The fourth-order valence-electron chi connectivity index (χ4n) is 2.23. The molecule has 1 N–H and O–H groups in total. The molecule has 0 amide bonds. The van der Waals surface area contributed by atoms with Crippen molar-refractivity contribution in [2.75, 3.05) is 13.1 Å². The van der Waals surface area contributed by atoms with Gasteiger partial charge >= 0.3 is 0 Å². The Labute approximate surface area is 108 Å². The molecule has 0 aromatic heterocycles. The second kappa shape index (κ2) is 6.97. The smallest absolute Gasteiger partial charge is 0.0449 e. The van der Waals surface area contributed by atoms with Crippen molar-refractivity contribution in [2.24, 2.45) is 0 Å². The zero-order valence-electron chi connectivity index (χ0n) is 11.8. The standard InChI is InChI=1S/C15H27NSi/c1-5-11-16-12-15(13-17(2,3)4)14-9-7-6-8-10-14/h6-10,15-16H,5,11-13H2,1-4H3. The summed E-state index contributed by atoms with van der Waals surface area (Å²) >= 11 is 0. The fraction of sp³-hybridized carbons (Fsp3) is 0.600. The average molecular weight is 249 g/mol. The molecule has 0 bridgehead atoms. The van der Waals surface area contributed by atoms with Crippen LogP contribution in [-0.2, 0) is 0 Å². The Balaban J connectivity index is 2.65. The van der Waals surface area contributed by atoms with Gasteiger partial charge in [0.2, 0.25) is 0 Å². The van der Waals surface area contributed by atoms with Gasteiger partial charge in [-0.1, -0.05) is 56.9 Å². The van der Waals surface area contributed by atoms with E-state index in [0.29, 0.717) is 5.92 Å². The summed E-state index contributed by atoms with van der Waals surface area (Å²) in [4.78, 5) is 0. The molecule has 1 atom stereocenters. The van der Waals surface area contributed by atoms with Crippen LogP contribution in [0.1, 0.15) is 24.8 Å². The van der Waals surface area contributed by atoms with E-state index in [1.165, 1.54) is 18.0 Å². The van der Waals surface area contributed by atoms with Gasteiger partial charge in [-0.15, -0.1) is 0 Å². The summed E-state index contributed by atoms with van der Waals surface area (Å²) in [7, 11) is -1.00. The highest BCUT2D eigenvalue weighted by molar-refractivity contribution is 6.76. The highest BCUT2D eigenvalue weighted by atomic mass is 28.3. The Morgan fingerprint density at radius 1 is 1.12 bits per heavy atom. The van der Waals surface area contributed by atoms with Gasteiger partial charge in [-0.05, 0) is 30.5 Å². The van der Waals surface area contributed by atoms with Gasteiger partial charge in [-0.25, -0.2) is 0 Å². The lowest BCUT2D eigenvalue weighted by Gasteiger charge is -2.25. The van der Waals surface area contributed by atoms with E-state index in [4.69, 9.17) is 0 Å². The van der Waals surface area contributed by atoms with Crippen molar-refractivity contribution in [1.29, 1.82) is 0 Å². The first-order chi connectivity index (χ1) is 8.03. The SMILES string of the molecule is CCCNCC(C[Si](C)(C)C)c1ccccc1. The van der Waals surface area contributed by atoms with Crippen molar-refractivity contribution >= 4 is 8.07 Å². The molecule has 17 heavy (non-hydrogen) atoms. The first kappa shape index (κ1) is 14.5. The molecule has 1 aromatic rings. The van der Waals surface area contributed by atoms with Gasteiger partial charge in [0.05, 0.1) is 0 Å². The first-order valence-corrected chi connectivity index (χ1v) is 10.5. The quantitative estimate of drug-likeness (QED) is 0.566. The van der Waals surface area contributed by atoms with E-state index in [1.54, 1.807) is 0 Å². The van der Waals surface area contributed by atoms with Gasteiger partial charge in [-0.2, -0.15) is 0 Å². The summed E-state index contributed by atoms with van der Waals surface area (Å²) < 4.78 is 0. The van der Waals surface area contributed by atoms with Crippen molar-refractivity contribution in [1.82, 2.24) is 5.32 Å². The van der Waals surface area contributed by atoms with Crippen LogP contribution in [0.15, 0.2) is 30.3 Å². The van der Waals surface area contributed by atoms with E-state index in [1.807, 2.05) is 0 Å². The zero-order valence-corrected chi connectivity index (χ0v) is 12.8. The molecular weight excluding hydrogens is 222 g/mol. The first-order valence-electron chi connectivity index (χ1n) is 6.78. The molecule has 0 radical (unpaired) electrons. The summed E-state index contributed by atoms with van der Waals surface area (Å²) in [5.41, 5.74) is 1.50. The largest absolute Gasteiger partial charge is 0.316 e. The Morgan fingerprint density at radius 3 is 2.29 bits per heavy atom. The minimum absolute atomic E-state index is 0.689. The van der Waals surface area contributed by atoms with Gasteiger partial charge in [0.1, 0.15) is 0 Å². The van der Waals surface area contributed by atoms with Gasteiger partial charge in [0.25, 0.3) is 0 Å². The molecule has 1 rings (SSSR count). The van der Waals surface area contributed by atoms with Crippen LogP contribution in [0.5, 0.6) is 0 Å². The van der Waals surface area contributed by atoms with Crippen molar-refractivity contribution in [3.63, 3.8) is 0 Å². The monoisotopic (exact) mass is 249 g/mol. The Kier molecular flexibility index (Phi) is 5.93. The second-order valence-electron chi connectivity index (χ2n) is 6.08. The Hall–Kier alpha value is -0.603. The van der Waals surface area contributed by atoms with Crippen LogP contribution in [0, 0.1) is 0 Å². The highest BCUT2D eigenvalue weighted by Gasteiger charge is 2.21. The molecule has 0 saturated carbocycles. The third kappa shape index (κ3) is 6.04. The third-order valence-electron chi connectivity index (χ3n) is 2.95. The van der Waals surface area contributed by atoms with Gasteiger partial charge in [0.15, 0.2) is 0 Å². The molecule has 0 aliphatic heterocycles. The molecule has 1 aromatic carbocycles. The molecular formula is C15H27NSi. The summed E-state index contributed by atoms with van der Waals surface area (Å²) in [6.07, 6.45) is 1.22. The van der Waals surface area contributed by atoms with E-state index in [2.05, 4.69) is 62.2 Å². The molecule has 96 valence electrons. The molecule has 1 nitrogen and oxygen atoms in total. The normalized spacial score (nSPS) is 13.6.